The monoisotopic (exact) mass is 836 g/mol. The third-order valence-corrected chi connectivity index (χ3v) is 4.97. The Balaban J connectivity index is -0.00000217. The molecule has 0 saturated heterocycles. The van der Waals surface area contributed by atoms with Crippen LogP contribution >= 0.6 is 0 Å². The first-order valence-electron chi connectivity index (χ1n) is 14.8. The normalized spacial score (nSPS) is 13.0. The summed E-state index contributed by atoms with van der Waals surface area (Å²) >= 11 is 0. The molecule has 0 bridgehead atoms. The van der Waals surface area contributed by atoms with Gasteiger partial charge >= 0.3 is 142 Å². The number of rotatable bonds is 27. The maximum atomic E-state index is 11.8. The number of esters is 4. The van der Waals surface area contributed by atoms with Crippen LogP contribution in [-0.4, -0.2) is 122 Å². The Hall–Kier alpha value is -1.52. The molecule has 22 nitrogen and oxygen atoms in total. The quantitative estimate of drug-likeness (QED) is 0.0244. The first kappa shape index (κ1) is 63.6. The molecule has 0 rings (SSSR count). The van der Waals surface area contributed by atoms with Crippen molar-refractivity contribution in [3.63, 3.8) is 0 Å². The van der Waals surface area contributed by atoms with Crippen molar-refractivity contribution in [3.8, 4) is 0 Å². The summed E-state index contributed by atoms with van der Waals surface area (Å²) in [6.07, 6.45) is 0.213. The molecule has 4 unspecified atom stereocenters. The second kappa shape index (κ2) is 37.7. The molecule has 0 spiro atoms. The number of nitrogens with zero attached hydrogens (tertiary/aromatic N) is 2. The maximum absolute atomic E-state index is 11.8. The van der Waals surface area contributed by atoms with Crippen molar-refractivity contribution >= 4 is 47.8 Å². The Morgan fingerprint density at radius 3 is 0.732 bits per heavy atom. The van der Waals surface area contributed by atoms with Gasteiger partial charge in [0, 0.05) is 24.3 Å². The molecule has 0 radical (unpaired) electrons. The number of aliphatic carboxylic acids is 4. The second-order valence-electron chi connectivity index (χ2n) is 9.90. The van der Waals surface area contributed by atoms with E-state index in [1.54, 1.807) is 0 Å². The van der Waals surface area contributed by atoms with E-state index in [1.807, 2.05) is 0 Å². The molecule has 0 aliphatic carbocycles. The van der Waals surface area contributed by atoms with Crippen LogP contribution < -0.4 is 139 Å². The summed E-state index contributed by atoms with van der Waals surface area (Å²) in [5.74, 6) is -10.7. The number of hydrogen-bond acceptors (Lipinski definition) is 22. The van der Waals surface area contributed by atoms with E-state index >= 15 is 0 Å². The van der Waals surface area contributed by atoms with Gasteiger partial charge in [0.05, 0.1) is 37.0 Å². The fourth-order valence-electron chi connectivity index (χ4n) is 2.88. The zero-order chi connectivity index (χ0) is 39.6. The van der Waals surface area contributed by atoms with E-state index in [-0.39, 0.29) is 131 Å². The summed E-state index contributed by atoms with van der Waals surface area (Å²) in [5, 5.41) is 43.7. The number of carboxylic acids is 4. The van der Waals surface area contributed by atoms with Crippen LogP contribution in [-0.2, 0) is 76.7 Å². The fourth-order valence-corrected chi connectivity index (χ4v) is 2.88. The third-order valence-electron chi connectivity index (χ3n) is 4.97. The molecule has 0 amide bonds. The number of carboxylic acid groups (broad SMARTS) is 4. The van der Waals surface area contributed by atoms with Crippen molar-refractivity contribution in [2.24, 2.45) is 0 Å². The van der Waals surface area contributed by atoms with Gasteiger partial charge in [0.2, 0.25) is 0 Å². The van der Waals surface area contributed by atoms with E-state index in [9.17, 15) is 58.8 Å². The van der Waals surface area contributed by atoms with Crippen LogP contribution in [0.4, 0.5) is 0 Å². The third kappa shape index (κ3) is 39.3. The van der Waals surface area contributed by atoms with Gasteiger partial charge in [-0.25, -0.2) is 19.2 Å². The van der Waals surface area contributed by atoms with E-state index in [1.165, 1.54) is 27.7 Å². The van der Waals surface area contributed by atoms with Gasteiger partial charge in [-0.1, -0.05) is 10.5 Å². The van der Waals surface area contributed by atoms with Crippen molar-refractivity contribution in [2.45, 2.75) is 52.1 Å². The zero-order valence-corrected chi connectivity index (χ0v) is 40.2. The van der Waals surface area contributed by atoms with Crippen LogP contribution in [0.25, 0.3) is 0 Å². The fraction of sp³-hybridized carbons (Fsp3) is 0.467. The Morgan fingerprint density at radius 2 is 0.571 bits per heavy atom. The Kier molecular flexibility index (Phi) is 42.9. The van der Waals surface area contributed by atoms with Crippen LogP contribution in [0.5, 0.6) is 0 Å². The summed E-state index contributed by atoms with van der Waals surface area (Å²) in [5.41, 5.74) is 0. The molecule has 4 atom stereocenters. The molecule has 0 aromatic carbocycles. The van der Waals surface area contributed by atoms with Gasteiger partial charge in [-0.05, 0) is 52.0 Å². The topological polar surface area (TPSA) is 309 Å². The van der Waals surface area contributed by atoms with Gasteiger partial charge in [0.1, 0.15) is 50.8 Å². The Morgan fingerprint density at radius 1 is 0.393 bits per heavy atom. The predicted molar refractivity (Wildman–Crippen MR) is 156 cm³/mol. The summed E-state index contributed by atoms with van der Waals surface area (Å²) < 4.78 is 19.9. The second-order valence-corrected chi connectivity index (χ2v) is 9.90. The average Bonchev–Trinajstić information content (AvgIpc) is 3.04. The summed E-state index contributed by atoms with van der Waals surface area (Å²) in [7, 11) is 0. The van der Waals surface area contributed by atoms with Crippen molar-refractivity contribution in [3.05, 3.63) is 48.6 Å². The first-order valence-corrected chi connectivity index (χ1v) is 14.8. The van der Waals surface area contributed by atoms with E-state index in [2.05, 4.69) is 0 Å². The minimum atomic E-state index is -1.64. The maximum Gasteiger partial charge on any atom is 1.00 e. The van der Waals surface area contributed by atoms with Crippen LogP contribution in [0, 0.1) is 0 Å². The largest absolute Gasteiger partial charge is 1.00 e. The van der Waals surface area contributed by atoms with Gasteiger partial charge < -0.3 is 58.6 Å². The van der Waals surface area contributed by atoms with Crippen molar-refractivity contribution in [1.29, 1.82) is 0 Å². The summed E-state index contributed by atoms with van der Waals surface area (Å²) in [6, 6.07) is 0. The Bertz CT molecular complexity index is 1170. The van der Waals surface area contributed by atoms with Gasteiger partial charge in [0.15, 0.2) is 0 Å². The van der Waals surface area contributed by atoms with E-state index in [0.29, 0.717) is 48.6 Å². The molecule has 0 aromatic heterocycles. The van der Waals surface area contributed by atoms with Gasteiger partial charge in [-0.2, -0.15) is 0 Å². The number of carbonyl (C=O) groups excluding carboxylic acids is 8. The van der Waals surface area contributed by atoms with E-state index in [0.717, 1.165) is 10.5 Å². The van der Waals surface area contributed by atoms with E-state index in [4.69, 9.17) is 38.3 Å². The van der Waals surface area contributed by atoms with E-state index < -0.39 is 98.6 Å². The Labute approximate surface area is 409 Å². The predicted octanol–water partition coefficient (Wildman–Crippen LogP) is -17.7. The number of hydroxylamine groups is 4. The number of carbonyl (C=O) groups is 8. The number of hydrogen-bond donors (Lipinski definition) is 0. The van der Waals surface area contributed by atoms with Gasteiger partial charge in [0.25, 0.3) is 0 Å². The van der Waals surface area contributed by atoms with Crippen LogP contribution in [0.1, 0.15) is 27.7 Å². The van der Waals surface area contributed by atoms with Crippen molar-refractivity contribution in [2.75, 3.05) is 39.5 Å². The standard InChI is InChI=1S/C30H40N2O20.4Na/c1-19(49-27(41)9-5-23(33)34)15-45-31(46-16-20(2)50-28(42)10-6-24(35)36)13-14-32(47-17-21(3)51-29(43)11-7-25(37)38)48-18-22(4)52-30(44)12-8-26(39)40;;;;/h5-12,19-22H,13-18H2,1-4H3,(H,33,34)(H,35,36)(H,37,38)(H,39,40);;;;/q;4*+1/p-4/b9-5-,10-6-,11-7-,12-8-;;;;. The minimum Gasteiger partial charge on any atom is -0.545 e. The average molecular weight is 837 g/mol. The molecular weight excluding hydrogens is 800 g/mol. The molecule has 56 heavy (non-hydrogen) atoms. The molecular formula is C30H36N2Na4O20. The van der Waals surface area contributed by atoms with Gasteiger partial charge in [-0.15, -0.1) is 0 Å². The first-order chi connectivity index (χ1) is 24.4. The van der Waals surface area contributed by atoms with Crippen LogP contribution in [0.3, 0.4) is 0 Å². The molecule has 0 aliphatic rings. The smallest absolute Gasteiger partial charge is 0.545 e. The molecule has 0 N–H and O–H groups in total. The van der Waals surface area contributed by atoms with Crippen LogP contribution in [0.2, 0.25) is 0 Å². The molecule has 0 saturated carbocycles. The van der Waals surface area contributed by atoms with Crippen LogP contribution in [0.15, 0.2) is 48.6 Å². The zero-order valence-electron chi connectivity index (χ0n) is 32.2. The number of ether oxygens (including phenoxy) is 4. The van der Waals surface area contributed by atoms with Gasteiger partial charge in [-0.3, -0.25) is 19.4 Å². The van der Waals surface area contributed by atoms with Crippen molar-refractivity contribution in [1.82, 2.24) is 10.5 Å². The molecule has 0 fully saturated rings. The molecule has 26 heteroatoms. The minimum absolute atomic E-state index is 0. The molecule has 290 valence electrons. The summed E-state index contributed by atoms with van der Waals surface area (Å²) in [4.78, 5) is 111. The van der Waals surface area contributed by atoms with Crippen molar-refractivity contribution < 1.29 is 215 Å². The molecule has 0 aromatic rings. The SMILES string of the molecule is CC(CON(CCN(OCC(C)OC(=O)/C=C\C(=O)[O-])OCC(C)OC(=O)/C=C\C(=O)[O-])OCC(C)OC(=O)/C=C\C(=O)[O-])OC(=O)/C=C\C(=O)[O-].[Na+].[Na+].[Na+].[Na+]. The molecule has 0 aliphatic heterocycles. The molecule has 0 heterocycles. The summed E-state index contributed by atoms with van der Waals surface area (Å²) in [6.45, 7) is 3.33.